The van der Waals surface area contributed by atoms with Gasteiger partial charge in [0.2, 0.25) is 0 Å². The van der Waals surface area contributed by atoms with Crippen LogP contribution in [-0.4, -0.2) is 26.2 Å². The molecule has 4 bridgehead atoms. The molecule has 4 rings (SSSR count). The lowest BCUT2D eigenvalue weighted by atomic mass is 9.39. The molecular formula is C18H26O4. The Kier molecular flexibility index (Phi) is 3.42. The van der Waals surface area contributed by atoms with Gasteiger partial charge in [0.15, 0.2) is 0 Å². The zero-order valence-corrected chi connectivity index (χ0v) is 14.0. The summed E-state index contributed by atoms with van der Waals surface area (Å²) in [7, 11) is 2.73. The second kappa shape index (κ2) is 4.84. The molecule has 4 fully saturated rings. The monoisotopic (exact) mass is 306 g/mol. The molecule has 0 saturated heterocycles. The maximum absolute atomic E-state index is 12.4. The normalized spacial score (nSPS) is 43.1. The fourth-order valence-corrected chi connectivity index (χ4v) is 6.46. The molecule has 0 amide bonds. The quantitative estimate of drug-likeness (QED) is 0.593. The number of hydrogen-bond donors (Lipinski definition) is 0. The van der Waals surface area contributed by atoms with Gasteiger partial charge in [-0.25, -0.2) is 9.59 Å². The maximum atomic E-state index is 12.4. The Balaban J connectivity index is 2.05. The van der Waals surface area contributed by atoms with Gasteiger partial charge in [-0.05, 0) is 55.3 Å². The first-order valence-electron chi connectivity index (χ1n) is 8.12. The van der Waals surface area contributed by atoms with Crippen LogP contribution in [0, 0.1) is 22.2 Å². The van der Waals surface area contributed by atoms with Gasteiger partial charge in [-0.15, -0.1) is 0 Å². The van der Waals surface area contributed by atoms with Crippen molar-refractivity contribution in [1.29, 1.82) is 0 Å². The molecule has 0 aliphatic heterocycles. The molecule has 0 radical (unpaired) electrons. The van der Waals surface area contributed by atoms with Crippen LogP contribution in [0.5, 0.6) is 0 Å². The van der Waals surface area contributed by atoms with Crippen molar-refractivity contribution in [2.24, 2.45) is 22.2 Å². The first kappa shape index (κ1) is 15.6. The molecule has 0 aromatic carbocycles. The van der Waals surface area contributed by atoms with E-state index in [9.17, 15) is 9.59 Å². The van der Waals surface area contributed by atoms with E-state index >= 15 is 0 Å². The first-order chi connectivity index (χ1) is 10.2. The van der Waals surface area contributed by atoms with E-state index in [2.05, 4.69) is 13.8 Å². The zero-order valence-electron chi connectivity index (χ0n) is 14.0. The summed E-state index contributed by atoms with van der Waals surface area (Å²) < 4.78 is 9.76. The summed E-state index contributed by atoms with van der Waals surface area (Å²) in [6.45, 7) is 4.69. The Bertz CT molecular complexity index is 529. The van der Waals surface area contributed by atoms with E-state index in [-0.39, 0.29) is 22.2 Å². The van der Waals surface area contributed by atoms with Gasteiger partial charge in [-0.1, -0.05) is 13.8 Å². The standard InChI is InChI=1S/C18H26O4/c1-16-6-12-7-17(2,9-16)11-18(8-12,10-16)13(15(20)22-4)5-14(19)21-3/h5,12H,6-11H2,1-4H3/b13-5+. The van der Waals surface area contributed by atoms with Gasteiger partial charge in [0.1, 0.15) is 0 Å². The molecule has 2 unspecified atom stereocenters. The van der Waals surface area contributed by atoms with E-state index < -0.39 is 5.97 Å². The number of esters is 2. The van der Waals surface area contributed by atoms with Crippen molar-refractivity contribution in [3.8, 4) is 0 Å². The van der Waals surface area contributed by atoms with E-state index in [1.165, 1.54) is 39.6 Å². The van der Waals surface area contributed by atoms with Gasteiger partial charge >= 0.3 is 11.9 Å². The summed E-state index contributed by atoms with van der Waals surface area (Å²) in [6.07, 6.45) is 8.05. The number of carbonyl (C=O) groups excluding carboxylic acids is 2. The van der Waals surface area contributed by atoms with Gasteiger partial charge in [-0.3, -0.25) is 0 Å². The molecule has 0 heterocycles. The third-order valence-corrected chi connectivity index (χ3v) is 6.07. The van der Waals surface area contributed by atoms with Crippen LogP contribution < -0.4 is 0 Å². The van der Waals surface area contributed by atoms with Gasteiger partial charge in [0, 0.05) is 11.5 Å². The molecule has 0 spiro atoms. The summed E-state index contributed by atoms with van der Waals surface area (Å²) >= 11 is 0. The van der Waals surface area contributed by atoms with Crippen LogP contribution in [-0.2, 0) is 19.1 Å². The van der Waals surface area contributed by atoms with Gasteiger partial charge in [-0.2, -0.15) is 0 Å². The summed E-state index contributed by atoms with van der Waals surface area (Å²) in [5, 5.41) is 0. The SMILES string of the molecule is COC(=O)/C=C(\C(=O)OC)C12CC3CC(C)(CC(C)(C3)C1)C2. The fourth-order valence-electron chi connectivity index (χ4n) is 6.46. The molecule has 122 valence electrons. The number of carbonyl (C=O) groups is 2. The molecular weight excluding hydrogens is 280 g/mol. The summed E-state index contributed by atoms with van der Waals surface area (Å²) in [6, 6.07) is 0. The van der Waals surface area contributed by atoms with Crippen LogP contribution in [0.4, 0.5) is 0 Å². The minimum absolute atomic E-state index is 0.218. The zero-order chi connectivity index (χ0) is 16.2. The van der Waals surface area contributed by atoms with E-state index in [0.717, 1.165) is 19.3 Å². The van der Waals surface area contributed by atoms with Gasteiger partial charge in [0.05, 0.1) is 19.8 Å². The van der Waals surface area contributed by atoms with E-state index in [4.69, 9.17) is 9.47 Å². The van der Waals surface area contributed by atoms with Crippen molar-refractivity contribution in [3.05, 3.63) is 11.6 Å². The lowest BCUT2D eigenvalue weighted by Gasteiger charge is -2.65. The number of methoxy groups -OCH3 is 2. The highest BCUT2D eigenvalue weighted by Crippen LogP contribution is 2.71. The summed E-state index contributed by atoms with van der Waals surface area (Å²) in [5.74, 6) is -0.192. The molecule has 4 saturated carbocycles. The minimum Gasteiger partial charge on any atom is -0.466 e. The highest BCUT2D eigenvalue weighted by atomic mass is 16.5. The van der Waals surface area contributed by atoms with Crippen molar-refractivity contribution >= 4 is 11.9 Å². The van der Waals surface area contributed by atoms with Crippen LogP contribution in [0.2, 0.25) is 0 Å². The van der Waals surface area contributed by atoms with Crippen molar-refractivity contribution in [2.75, 3.05) is 14.2 Å². The minimum atomic E-state index is -0.466. The number of rotatable bonds is 3. The third-order valence-electron chi connectivity index (χ3n) is 6.07. The van der Waals surface area contributed by atoms with Crippen LogP contribution in [0.3, 0.4) is 0 Å². The summed E-state index contributed by atoms with van der Waals surface area (Å²) in [4.78, 5) is 24.2. The first-order valence-corrected chi connectivity index (χ1v) is 8.12. The molecule has 4 aliphatic rings. The van der Waals surface area contributed by atoms with Crippen molar-refractivity contribution in [2.45, 2.75) is 52.4 Å². The second-order valence-electron chi connectivity index (χ2n) is 8.48. The molecule has 0 aromatic heterocycles. The summed E-state index contributed by atoms with van der Waals surface area (Å²) in [5.41, 5.74) is 0.863. The molecule has 0 N–H and O–H groups in total. The van der Waals surface area contributed by atoms with Crippen molar-refractivity contribution in [1.82, 2.24) is 0 Å². The van der Waals surface area contributed by atoms with Gasteiger partial charge < -0.3 is 9.47 Å². The third kappa shape index (κ3) is 2.37. The van der Waals surface area contributed by atoms with Crippen LogP contribution >= 0.6 is 0 Å². The van der Waals surface area contributed by atoms with Crippen LogP contribution in [0.25, 0.3) is 0 Å². The van der Waals surface area contributed by atoms with E-state index in [1.54, 1.807) is 0 Å². The highest BCUT2D eigenvalue weighted by molar-refractivity contribution is 5.97. The van der Waals surface area contributed by atoms with Crippen molar-refractivity contribution in [3.63, 3.8) is 0 Å². The average molecular weight is 306 g/mol. The predicted molar refractivity (Wildman–Crippen MR) is 82.0 cm³/mol. The molecule has 22 heavy (non-hydrogen) atoms. The maximum Gasteiger partial charge on any atom is 0.334 e. The Morgan fingerprint density at radius 2 is 1.55 bits per heavy atom. The average Bonchev–Trinajstić information content (AvgIpc) is 2.39. The topological polar surface area (TPSA) is 52.6 Å². The number of ether oxygens (including phenoxy) is 2. The Morgan fingerprint density at radius 1 is 0.955 bits per heavy atom. The van der Waals surface area contributed by atoms with E-state index in [1.807, 2.05) is 0 Å². The smallest absolute Gasteiger partial charge is 0.334 e. The molecule has 4 nitrogen and oxygen atoms in total. The number of hydrogen-bond acceptors (Lipinski definition) is 4. The highest BCUT2D eigenvalue weighted by Gasteiger charge is 2.62. The van der Waals surface area contributed by atoms with Crippen LogP contribution in [0.1, 0.15) is 52.4 Å². The largest absolute Gasteiger partial charge is 0.466 e. The Morgan fingerprint density at radius 3 is 2.00 bits per heavy atom. The lowest BCUT2D eigenvalue weighted by Crippen LogP contribution is -2.56. The Labute approximate surface area is 132 Å². The van der Waals surface area contributed by atoms with Crippen LogP contribution in [0.15, 0.2) is 11.6 Å². The predicted octanol–water partition coefficient (Wildman–Crippen LogP) is 3.26. The molecule has 0 aromatic rings. The second-order valence-corrected chi connectivity index (χ2v) is 8.48. The van der Waals surface area contributed by atoms with E-state index in [0.29, 0.717) is 11.5 Å². The molecule has 2 atom stereocenters. The lowest BCUT2D eigenvalue weighted by molar-refractivity contribution is -0.151. The fraction of sp³-hybridized carbons (Fsp3) is 0.778. The van der Waals surface area contributed by atoms with Gasteiger partial charge in [0.25, 0.3) is 0 Å². The van der Waals surface area contributed by atoms with Crippen molar-refractivity contribution < 1.29 is 19.1 Å². The Hall–Kier alpha value is -1.32. The molecule has 4 heteroatoms. The molecule has 4 aliphatic carbocycles.